The van der Waals surface area contributed by atoms with Crippen molar-refractivity contribution >= 4 is 21.7 Å². The summed E-state index contributed by atoms with van der Waals surface area (Å²) in [6.45, 7) is 4.06. The smallest absolute Gasteiger partial charge is 0.146 e. The summed E-state index contributed by atoms with van der Waals surface area (Å²) in [5.41, 5.74) is 5.87. The number of rotatable bonds is 4. The second-order valence-electron chi connectivity index (χ2n) is 4.36. The lowest BCUT2D eigenvalue weighted by Gasteiger charge is -2.11. The first-order valence-electron chi connectivity index (χ1n) is 6.21. The topological polar surface area (TPSA) is 63.8 Å². The van der Waals surface area contributed by atoms with Crippen molar-refractivity contribution in [2.45, 2.75) is 26.7 Å². The zero-order chi connectivity index (χ0) is 13.8. The summed E-state index contributed by atoms with van der Waals surface area (Å²) in [6, 6.07) is 8.15. The maximum Gasteiger partial charge on any atom is 0.146 e. The molecule has 0 saturated carbocycles. The predicted molar refractivity (Wildman–Crippen MR) is 80.9 cm³/mol. The van der Waals surface area contributed by atoms with Crippen LogP contribution >= 0.6 is 15.9 Å². The van der Waals surface area contributed by atoms with Crippen LogP contribution in [0.15, 0.2) is 28.7 Å². The summed E-state index contributed by atoms with van der Waals surface area (Å²) in [6.07, 6.45) is 1.57. The van der Waals surface area contributed by atoms with Crippen LogP contribution in [-0.2, 0) is 12.8 Å². The van der Waals surface area contributed by atoms with E-state index in [0.717, 1.165) is 28.0 Å². The van der Waals surface area contributed by atoms with E-state index in [1.165, 1.54) is 5.56 Å². The van der Waals surface area contributed by atoms with Crippen molar-refractivity contribution < 1.29 is 0 Å². The van der Waals surface area contributed by atoms with Gasteiger partial charge in [-0.1, -0.05) is 35.0 Å². The Balaban J connectivity index is 2.35. The van der Waals surface area contributed by atoms with Crippen LogP contribution in [0, 0.1) is 6.92 Å². The minimum atomic E-state index is 0.696. The number of halogens is 1. The maximum atomic E-state index is 5.51. The molecule has 0 amide bonds. The molecule has 1 aromatic heterocycles. The molecule has 5 heteroatoms. The number of nitrogens with two attached hydrogens (primary N) is 1. The third-order valence-corrected chi connectivity index (χ3v) is 3.51. The van der Waals surface area contributed by atoms with Crippen LogP contribution in [0.5, 0.6) is 0 Å². The first kappa shape index (κ1) is 14.0. The largest absolute Gasteiger partial charge is 0.308 e. The van der Waals surface area contributed by atoms with E-state index in [1.54, 1.807) is 0 Å². The van der Waals surface area contributed by atoms with E-state index in [2.05, 4.69) is 50.4 Å². The Morgan fingerprint density at radius 3 is 2.74 bits per heavy atom. The van der Waals surface area contributed by atoms with E-state index in [-0.39, 0.29) is 0 Å². The van der Waals surface area contributed by atoms with Crippen molar-refractivity contribution in [3.05, 3.63) is 51.4 Å². The summed E-state index contributed by atoms with van der Waals surface area (Å²) >= 11 is 3.47. The van der Waals surface area contributed by atoms with E-state index in [0.29, 0.717) is 12.2 Å². The van der Waals surface area contributed by atoms with Gasteiger partial charge in [0.1, 0.15) is 11.6 Å². The van der Waals surface area contributed by atoms with Crippen LogP contribution in [-0.4, -0.2) is 9.97 Å². The van der Waals surface area contributed by atoms with E-state index in [4.69, 9.17) is 5.84 Å². The molecule has 3 N–H and O–H groups in total. The molecule has 0 bridgehead atoms. The molecule has 2 rings (SSSR count). The van der Waals surface area contributed by atoms with Gasteiger partial charge in [0.05, 0.1) is 0 Å². The molecule has 0 unspecified atom stereocenters. The molecule has 0 atom stereocenters. The number of benzene rings is 1. The molecule has 0 saturated heterocycles. The number of aryl methyl sites for hydroxylation is 1. The lowest BCUT2D eigenvalue weighted by Crippen LogP contribution is -2.14. The predicted octanol–water partition coefficient (Wildman–Crippen LogP) is 2.99. The number of hydrazine groups is 1. The lowest BCUT2D eigenvalue weighted by molar-refractivity contribution is 0.888. The van der Waals surface area contributed by atoms with Crippen LogP contribution in [0.4, 0.5) is 5.82 Å². The molecule has 2 aromatic rings. The molecule has 0 aliphatic heterocycles. The molecule has 0 spiro atoms. The SMILES string of the molecule is CCc1nc(Cc2cccc(Br)c2)nc(NN)c1C. The highest BCUT2D eigenvalue weighted by Crippen LogP contribution is 2.18. The molecule has 1 aromatic carbocycles. The Labute approximate surface area is 121 Å². The number of nitrogens with zero attached hydrogens (tertiary/aromatic N) is 2. The quantitative estimate of drug-likeness (QED) is 0.671. The molecular weight excluding hydrogens is 304 g/mol. The van der Waals surface area contributed by atoms with Gasteiger partial charge in [-0.05, 0) is 31.0 Å². The summed E-state index contributed by atoms with van der Waals surface area (Å²) in [5, 5.41) is 0. The Hall–Kier alpha value is -1.46. The first-order chi connectivity index (χ1) is 9.13. The second-order valence-corrected chi connectivity index (χ2v) is 5.28. The molecule has 0 aliphatic rings. The summed E-state index contributed by atoms with van der Waals surface area (Å²) in [7, 11) is 0. The average Bonchev–Trinajstić information content (AvgIpc) is 2.40. The van der Waals surface area contributed by atoms with Gasteiger partial charge in [-0.25, -0.2) is 15.8 Å². The monoisotopic (exact) mass is 320 g/mol. The molecule has 0 fully saturated rings. The molecular formula is C14H17BrN4. The Bertz CT molecular complexity index is 558. The Morgan fingerprint density at radius 2 is 2.11 bits per heavy atom. The van der Waals surface area contributed by atoms with Crippen molar-refractivity contribution in [1.29, 1.82) is 0 Å². The minimum absolute atomic E-state index is 0.696. The van der Waals surface area contributed by atoms with Gasteiger partial charge < -0.3 is 5.43 Å². The third kappa shape index (κ3) is 3.30. The van der Waals surface area contributed by atoms with Gasteiger partial charge in [0.2, 0.25) is 0 Å². The van der Waals surface area contributed by atoms with Gasteiger partial charge in [-0.3, -0.25) is 0 Å². The number of nitrogens with one attached hydrogen (secondary N) is 1. The maximum absolute atomic E-state index is 5.51. The fourth-order valence-electron chi connectivity index (χ4n) is 2.01. The van der Waals surface area contributed by atoms with Crippen LogP contribution in [0.1, 0.15) is 29.6 Å². The zero-order valence-electron chi connectivity index (χ0n) is 11.1. The third-order valence-electron chi connectivity index (χ3n) is 3.02. The molecule has 0 aliphatic carbocycles. The van der Waals surface area contributed by atoms with Gasteiger partial charge in [0, 0.05) is 22.2 Å². The van der Waals surface area contributed by atoms with E-state index in [1.807, 2.05) is 19.1 Å². The number of anilines is 1. The van der Waals surface area contributed by atoms with Gasteiger partial charge in [-0.15, -0.1) is 0 Å². The summed E-state index contributed by atoms with van der Waals surface area (Å²) in [4.78, 5) is 9.06. The second kappa shape index (κ2) is 6.12. The van der Waals surface area contributed by atoms with Crippen LogP contribution in [0.2, 0.25) is 0 Å². The van der Waals surface area contributed by atoms with Crippen molar-refractivity contribution in [3.63, 3.8) is 0 Å². The number of aromatic nitrogens is 2. The van der Waals surface area contributed by atoms with Crippen LogP contribution < -0.4 is 11.3 Å². The van der Waals surface area contributed by atoms with Crippen molar-refractivity contribution in [2.75, 3.05) is 5.43 Å². The highest BCUT2D eigenvalue weighted by Gasteiger charge is 2.09. The van der Waals surface area contributed by atoms with Gasteiger partial charge in [0.25, 0.3) is 0 Å². The van der Waals surface area contributed by atoms with E-state index >= 15 is 0 Å². The molecule has 1 heterocycles. The van der Waals surface area contributed by atoms with Crippen molar-refractivity contribution in [1.82, 2.24) is 9.97 Å². The molecule has 4 nitrogen and oxygen atoms in total. The minimum Gasteiger partial charge on any atom is -0.308 e. The lowest BCUT2D eigenvalue weighted by atomic mass is 10.1. The Kier molecular flexibility index (Phi) is 4.50. The summed E-state index contributed by atoms with van der Waals surface area (Å²) < 4.78 is 1.06. The van der Waals surface area contributed by atoms with Crippen LogP contribution in [0.3, 0.4) is 0 Å². The normalized spacial score (nSPS) is 10.5. The van der Waals surface area contributed by atoms with E-state index < -0.39 is 0 Å². The number of hydrogen-bond acceptors (Lipinski definition) is 4. The number of nitrogen functional groups attached to an aromatic ring is 1. The van der Waals surface area contributed by atoms with Crippen LogP contribution in [0.25, 0.3) is 0 Å². The van der Waals surface area contributed by atoms with Gasteiger partial charge in [0.15, 0.2) is 0 Å². The fourth-order valence-corrected chi connectivity index (χ4v) is 2.45. The first-order valence-corrected chi connectivity index (χ1v) is 7.00. The highest BCUT2D eigenvalue weighted by molar-refractivity contribution is 9.10. The standard InChI is InChI=1S/C14H17BrN4/c1-3-12-9(2)14(19-16)18-13(17-12)8-10-5-4-6-11(15)7-10/h4-7H,3,8,16H2,1-2H3,(H,17,18,19). The molecule has 19 heavy (non-hydrogen) atoms. The summed E-state index contributed by atoms with van der Waals surface area (Å²) in [5.74, 6) is 7.00. The van der Waals surface area contributed by atoms with E-state index in [9.17, 15) is 0 Å². The average molecular weight is 321 g/mol. The Morgan fingerprint density at radius 1 is 1.32 bits per heavy atom. The molecule has 100 valence electrons. The van der Waals surface area contributed by atoms with Crippen molar-refractivity contribution in [3.8, 4) is 0 Å². The highest BCUT2D eigenvalue weighted by atomic mass is 79.9. The fraction of sp³-hybridized carbons (Fsp3) is 0.286. The van der Waals surface area contributed by atoms with Crippen molar-refractivity contribution in [2.24, 2.45) is 5.84 Å². The zero-order valence-corrected chi connectivity index (χ0v) is 12.7. The van der Waals surface area contributed by atoms with Gasteiger partial charge in [-0.2, -0.15) is 0 Å². The number of hydrogen-bond donors (Lipinski definition) is 2. The van der Waals surface area contributed by atoms with Gasteiger partial charge >= 0.3 is 0 Å². The molecule has 0 radical (unpaired) electrons.